The van der Waals surface area contributed by atoms with Crippen molar-refractivity contribution in [1.82, 2.24) is 0 Å². The summed E-state index contributed by atoms with van der Waals surface area (Å²) in [6.07, 6.45) is 0. The third kappa shape index (κ3) is 2.04. The molecule has 1 aromatic rings. The third-order valence-corrected chi connectivity index (χ3v) is 3.52. The van der Waals surface area contributed by atoms with Crippen molar-refractivity contribution in [1.29, 1.82) is 0 Å². The quantitative estimate of drug-likeness (QED) is 0.772. The maximum Gasteiger partial charge on any atom is 0.321 e. The molecule has 104 valence electrons. The Labute approximate surface area is 112 Å². The molecule has 1 saturated heterocycles. The second-order valence-electron chi connectivity index (χ2n) is 4.59. The van der Waals surface area contributed by atoms with Gasteiger partial charge in [-0.15, -0.1) is 0 Å². The van der Waals surface area contributed by atoms with E-state index in [-0.39, 0.29) is 5.97 Å². The van der Waals surface area contributed by atoms with Crippen molar-refractivity contribution in [2.75, 3.05) is 34.5 Å². The lowest BCUT2D eigenvalue weighted by Crippen LogP contribution is -2.54. The predicted octanol–water partition coefficient (Wildman–Crippen LogP) is 1.45. The first-order chi connectivity index (χ1) is 9.08. The van der Waals surface area contributed by atoms with Crippen LogP contribution in [0, 0.1) is 6.92 Å². The van der Waals surface area contributed by atoms with Crippen molar-refractivity contribution in [3.63, 3.8) is 0 Å². The number of esters is 1. The maximum absolute atomic E-state index is 12.0. The highest BCUT2D eigenvalue weighted by molar-refractivity contribution is 5.85. The lowest BCUT2D eigenvalue weighted by molar-refractivity contribution is -0.166. The van der Waals surface area contributed by atoms with Crippen LogP contribution >= 0.6 is 0 Å². The van der Waals surface area contributed by atoms with Crippen LogP contribution in [0.5, 0.6) is 11.5 Å². The van der Waals surface area contributed by atoms with Gasteiger partial charge in [0, 0.05) is 0 Å². The Morgan fingerprint density at radius 3 is 2.16 bits per heavy atom. The van der Waals surface area contributed by atoms with Crippen molar-refractivity contribution in [2.24, 2.45) is 0 Å². The normalized spacial score (nSPS) is 16.4. The van der Waals surface area contributed by atoms with Gasteiger partial charge in [0.1, 0.15) is 5.41 Å². The molecule has 1 fully saturated rings. The molecule has 1 aliphatic rings. The van der Waals surface area contributed by atoms with Crippen LogP contribution in [-0.2, 0) is 19.7 Å². The van der Waals surface area contributed by atoms with Gasteiger partial charge in [0.2, 0.25) is 0 Å². The summed E-state index contributed by atoms with van der Waals surface area (Å²) in [6, 6.07) is 3.69. The second kappa shape index (κ2) is 5.09. The fourth-order valence-electron chi connectivity index (χ4n) is 2.38. The number of benzene rings is 1. The topological polar surface area (TPSA) is 54.0 Å². The van der Waals surface area contributed by atoms with Crippen LogP contribution in [0.3, 0.4) is 0 Å². The van der Waals surface area contributed by atoms with Gasteiger partial charge in [0.25, 0.3) is 0 Å². The van der Waals surface area contributed by atoms with E-state index in [1.807, 2.05) is 19.1 Å². The van der Waals surface area contributed by atoms with Crippen LogP contribution in [0.4, 0.5) is 0 Å². The lowest BCUT2D eigenvalue weighted by atomic mass is 9.76. The summed E-state index contributed by atoms with van der Waals surface area (Å²) in [5, 5.41) is 0. The number of carbonyl (C=O) groups is 1. The van der Waals surface area contributed by atoms with Crippen LogP contribution in [0.2, 0.25) is 0 Å². The van der Waals surface area contributed by atoms with E-state index in [0.29, 0.717) is 24.7 Å². The first-order valence-corrected chi connectivity index (χ1v) is 5.98. The van der Waals surface area contributed by atoms with Gasteiger partial charge in [-0.05, 0) is 30.2 Å². The molecule has 0 aliphatic carbocycles. The van der Waals surface area contributed by atoms with Crippen molar-refractivity contribution < 1.29 is 23.7 Å². The van der Waals surface area contributed by atoms with Gasteiger partial charge in [-0.1, -0.05) is 0 Å². The van der Waals surface area contributed by atoms with Gasteiger partial charge in [-0.3, -0.25) is 4.79 Å². The van der Waals surface area contributed by atoms with Crippen LogP contribution in [0.1, 0.15) is 11.1 Å². The summed E-state index contributed by atoms with van der Waals surface area (Å²) in [5.41, 5.74) is 1.09. The van der Waals surface area contributed by atoms with E-state index in [1.54, 1.807) is 14.2 Å². The number of ether oxygens (including phenoxy) is 4. The molecule has 0 bridgehead atoms. The fraction of sp³-hybridized carbons (Fsp3) is 0.500. The maximum atomic E-state index is 12.0. The van der Waals surface area contributed by atoms with Gasteiger partial charge >= 0.3 is 5.97 Å². The van der Waals surface area contributed by atoms with Gasteiger partial charge < -0.3 is 18.9 Å². The summed E-state index contributed by atoms with van der Waals surface area (Å²) >= 11 is 0. The van der Waals surface area contributed by atoms with Gasteiger partial charge in [0.15, 0.2) is 11.5 Å². The molecule has 19 heavy (non-hydrogen) atoms. The molecular formula is C14H18O5. The average Bonchev–Trinajstić information content (AvgIpc) is 2.38. The molecular weight excluding hydrogens is 248 g/mol. The summed E-state index contributed by atoms with van der Waals surface area (Å²) in [6.45, 7) is 2.59. The molecule has 1 aliphatic heterocycles. The highest BCUT2D eigenvalue weighted by Crippen LogP contribution is 2.40. The Balaban J connectivity index is 2.52. The average molecular weight is 266 g/mol. The van der Waals surface area contributed by atoms with Crippen molar-refractivity contribution in [2.45, 2.75) is 12.3 Å². The zero-order valence-corrected chi connectivity index (χ0v) is 11.6. The Morgan fingerprint density at radius 1 is 1.16 bits per heavy atom. The van der Waals surface area contributed by atoms with Crippen molar-refractivity contribution >= 4 is 5.97 Å². The molecule has 0 radical (unpaired) electrons. The zero-order chi connectivity index (χ0) is 14.0. The molecule has 1 heterocycles. The van der Waals surface area contributed by atoms with E-state index in [9.17, 15) is 4.79 Å². The largest absolute Gasteiger partial charge is 0.493 e. The molecule has 5 heteroatoms. The fourth-order valence-corrected chi connectivity index (χ4v) is 2.38. The molecule has 0 aromatic heterocycles. The Kier molecular flexibility index (Phi) is 3.66. The number of carbonyl (C=O) groups excluding carboxylic acids is 1. The number of hydrogen-bond donors (Lipinski definition) is 0. The Morgan fingerprint density at radius 2 is 1.74 bits per heavy atom. The molecule has 1 aromatic carbocycles. The second-order valence-corrected chi connectivity index (χ2v) is 4.59. The molecule has 0 amide bonds. The smallest absolute Gasteiger partial charge is 0.321 e. The minimum absolute atomic E-state index is 0.283. The summed E-state index contributed by atoms with van der Waals surface area (Å²) in [7, 11) is 4.54. The molecule has 0 unspecified atom stereocenters. The van der Waals surface area contributed by atoms with Crippen LogP contribution in [-0.4, -0.2) is 40.5 Å². The first-order valence-electron chi connectivity index (χ1n) is 5.98. The van der Waals surface area contributed by atoms with Crippen LogP contribution < -0.4 is 9.47 Å². The van der Waals surface area contributed by atoms with Crippen LogP contribution in [0.15, 0.2) is 12.1 Å². The minimum atomic E-state index is -0.724. The van der Waals surface area contributed by atoms with Crippen molar-refractivity contribution in [3.05, 3.63) is 23.3 Å². The standard InChI is InChI=1S/C14H18O5/c1-9-5-11(16-2)12(17-3)6-10(9)14(7-19-8-14)13(15)18-4/h5-6H,7-8H2,1-4H3. The number of methoxy groups -OCH3 is 3. The predicted molar refractivity (Wildman–Crippen MR) is 68.8 cm³/mol. The third-order valence-electron chi connectivity index (χ3n) is 3.52. The number of aryl methyl sites for hydroxylation is 1. The van der Waals surface area contributed by atoms with E-state index < -0.39 is 5.41 Å². The first kappa shape index (κ1) is 13.7. The minimum Gasteiger partial charge on any atom is -0.493 e. The van der Waals surface area contributed by atoms with E-state index >= 15 is 0 Å². The molecule has 2 rings (SSSR count). The molecule has 0 spiro atoms. The summed E-state index contributed by atoms with van der Waals surface area (Å²) in [5.74, 6) is 0.955. The lowest BCUT2D eigenvalue weighted by Gasteiger charge is -2.40. The van der Waals surface area contributed by atoms with E-state index in [1.165, 1.54) is 7.11 Å². The van der Waals surface area contributed by atoms with Crippen LogP contribution in [0.25, 0.3) is 0 Å². The monoisotopic (exact) mass is 266 g/mol. The Hall–Kier alpha value is -1.75. The van der Waals surface area contributed by atoms with E-state index in [0.717, 1.165) is 11.1 Å². The van der Waals surface area contributed by atoms with E-state index in [4.69, 9.17) is 18.9 Å². The van der Waals surface area contributed by atoms with Crippen molar-refractivity contribution in [3.8, 4) is 11.5 Å². The van der Waals surface area contributed by atoms with E-state index in [2.05, 4.69) is 0 Å². The highest BCUT2D eigenvalue weighted by atomic mass is 16.5. The molecule has 0 saturated carbocycles. The van der Waals surface area contributed by atoms with Gasteiger partial charge in [-0.25, -0.2) is 0 Å². The zero-order valence-electron chi connectivity index (χ0n) is 11.6. The summed E-state index contributed by atoms with van der Waals surface area (Å²) < 4.78 is 20.7. The molecule has 0 N–H and O–H groups in total. The Bertz CT molecular complexity index is 491. The molecule has 5 nitrogen and oxygen atoms in total. The van der Waals surface area contributed by atoms with Gasteiger partial charge in [0.05, 0.1) is 34.5 Å². The SMILES string of the molecule is COC(=O)C1(c2cc(OC)c(OC)cc2C)COC1. The highest BCUT2D eigenvalue weighted by Gasteiger charge is 2.49. The van der Waals surface area contributed by atoms with Gasteiger partial charge in [-0.2, -0.15) is 0 Å². The number of rotatable bonds is 4. The number of hydrogen-bond acceptors (Lipinski definition) is 5. The summed E-state index contributed by atoms with van der Waals surface area (Å²) in [4.78, 5) is 12.0. The molecule has 0 atom stereocenters.